The molecule has 0 unspecified atom stereocenters. The Labute approximate surface area is 150 Å². The summed E-state index contributed by atoms with van der Waals surface area (Å²) >= 11 is 0. The van der Waals surface area contributed by atoms with Crippen LogP contribution in [0.5, 0.6) is 0 Å². The van der Waals surface area contributed by atoms with Crippen LogP contribution in [0.25, 0.3) is 0 Å². The molecule has 1 aromatic heterocycles. The number of pyridine rings is 1. The molecule has 2 aliphatic rings. The van der Waals surface area contributed by atoms with Gasteiger partial charge in [0.2, 0.25) is 5.91 Å². The number of nitrogens with one attached hydrogen (secondary N) is 2. The van der Waals surface area contributed by atoms with Gasteiger partial charge < -0.3 is 10.6 Å². The van der Waals surface area contributed by atoms with Gasteiger partial charge in [0, 0.05) is 18.1 Å². The molecule has 1 aliphatic heterocycles. The van der Waals surface area contributed by atoms with Gasteiger partial charge in [0.15, 0.2) is 0 Å². The lowest BCUT2D eigenvalue weighted by molar-refractivity contribution is -0.134. The molecular formula is C19H18N4O3. The molecule has 7 heteroatoms. The van der Waals surface area contributed by atoms with Gasteiger partial charge in [-0.15, -0.1) is 0 Å². The molecule has 2 N–H and O–H groups in total. The van der Waals surface area contributed by atoms with E-state index >= 15 is 0 Å². The van der Waals surface area contributed by atoms with Gasteiger partial charge >= 0.3 is 6.03 Å². The summed E-state index contributed by atoms with van der Waals surface area (Å²) in [7, 11) is 0. The third-order valence-electron chi connectivity index (χ3n) is 4.92. The molecule has 4 amide bonds. The van der Waals surface area contributed by atoms with Crippen molar-refractivity contribution in [3.63, 3.8) is 0 Å². The Hall–Kier alpha value is -3.22. The zero-order chi connectivity index (χ0) is 18.1. The highest BCUT2D eigenvalue weighted by Gasteiger charge is 2.54. The van der Waals surface area contributed by atoms with Gasteiger partial charge in [0.1, 0.15) is 12.1 Å². The largest absolute Gasteiger partial charge is 0.325 e. The van der Waals surface area contributed by atoms with Crippen LogP contribution in [0.1, 0.15) is 24.0 Å². The molecule has 0 saturated carbocycles. The summed E-state index contributed by atoms with van der Waals surface area (Å²) in [6.07, 6.45) is 5.33. The van der Waals surface area contributed by atoms with E-state index in [1.165, 1.54) is 0 Å². The molecule has 1 aliphatic carbocycles. The fraction of sp³-hybridized carbons (Fsp3) is 0.263. The number of anilines is 1. The first-order valence-corrected chi connectivity index (χ1v) is 8.52. The van der Waals surface area contributed by atoms with Crippen molar-refractivity contribution in [2.45, 2.75) is 24.8 Å². The van der Waals surface area contributed by atoms with Crippen LogP contribution in [0.15, 0.2) is 48.8 Å². The number of carbonyl (C=O) groups excluding carboxylic acids is 3. The molecule has 7 nitrogen and oxygen atoms in total. The van der Waals surface area contributed by atoms with Crippen molar-refractivity contribution in [1.82, 2.24) is 15.2 Å². The number of nitrogens with zero attached hydrogens (tertiary/aromatic N) is 2. The van der Waals surface area contributed by atoms with E-state index in [1.807, 2.05) is 24.3 Å². The third-order valence-corrected chi connectivity index (χ3v) is 4.92. The van der Waals surface area contributed by atoms with Gasteiger partial charge in [0.05, 0.1) is 0 Å². The number of aromatic nitrogens is 1. The zero-order valence-electron chi connectivity index (χ0n) is 14.1. The van der Waals surface area contributed by atoms with Crippen LogP contribution in [0.2, 0.25) is 0 Å². The van der Waals surface area contributed by atoms with Crippen molar-refractivity contribution in [1.29, 1.82) is 0 Å². The second-order valence-corrected chi connectivity index (χ2v) is 6.52. The topological polar surface area (TPSA) is 91.4 Å². The Kier molecular flexibility index (Phi) is 3.91. The predicted molar refractivity (Wildman–Crippen MR) is 94.2 cm³/mol. The molecule has 26 heavy (non-hydrogen) atoms. The first-order chi connectivity index (χ1) is 12.6. The standard InChI is InChI=1S/C19H18N4O3/c24-16(21-14-7-10-20-11-8-14)12-23-17(25)19(22-18(23)26)9-3-5-13-4-1-2-6-15(13)19/h1-2,4,6-8,10-11H,3,5,9,12H2,(H,22,26)(H,20,21,24)/t19-/m1/s1. The van der Waals surface area contributed by atoms with E-state index in [4.69, 9.17) is 0 Å². The quantitative estimate of drug-likeness (QED) is 0.826. The van der Waals surface area contributed by atoms with Crippen molar-refractivity contribution in [2.75, 3.05) is 11.9 Å². The third kappa shape index (κ3) is 2.61. The number of hydrogen-bond donors (Lipinski definition) is 2. The van der Waals surface area contributed by atoms with Crippen molar-refractivity contribution < 1.29 is 14.4 Å². The number of hydrogen-bond acceptors (Lipinski definition) is 4. The molecule has 4 rings (SSSR count). The average molecular weight is 350 g/mol. The lowest BCUT2D eigenvalue weighted by atomic mass is 9.76. The van der Waals surface area contributed by atoms with Crippen LogP contribution in [-0.4, -0.2) is 34.3 Å². The van der Waals surface area contributed by atoms with Crippen LogP contribution in [0.3, 0.4) is 0 Å². The number of imide groups is 1. The van der Waals surface area contributed by atoms with E-state index in [0.29, 0.717) is 12.1 Å². The number of amides is 4. The summed E-state index contributed by atoms with van der Waals surface area (Å²) in [5, 5.41) is 5.51. The Morgan fingerprint density at radius 3 is 2.77 bits per heavy atom. The van der Waals surface area contributed by atoms with Gasteiger partial charge in [-0.05, 0) is 42.5 Å². The van der Waals surface area contributed by atoms with E-state index in [9.17, 15) is 14.4 Å². The minimum absolute atomic E-state index is 0.323. The van der Waals surface area contributed by atoms with Crippen molar-refractivity contribution in [3.05, 3.63) is 59.9 Å². The van der Waals surface area contributed by atoms with Crippen LogP contribution >= 0.6 is 0 Å². The lowest BCUT2D eigenvalue weighted by Gasteiger charge is -2.33. The number of carbonyl (C=O) groups is 3. The summed E-state index contributed by atoms with van der Waals surface area (Å²) in [5.41, 5.74) is 1.41. The molecule has 2 heterocycles. The second kappa shape index (κ2) is 6.25. The first kappa shape index (κ1) is 16.3. The van der Waals surface area contributed by atoms with Crippen molar-refractivity contribution in [2.24, 2.45) is 0 Å². The number of urea groups is 1. The van der Waals surface area contributed by atoms with Gasteiger partial charge in [-0.2, -0.15) is 0 Å². The Balaban J connectivity index is 1.56. The van der Waals surface area contributed by atoms with Gasteiger partial charge in [-0.1, -0.05) is 24.3 Å². The van der Waals surface area contributed by atoms with Gasteiger partial charge in [-0.3, -0.25) is 19.5 Å². The average Bonchev–Trinajstić information content (AvgIpc) is 2.88. The highest BCUT2D eigenvalue weighted by molar-refractivity contribution is 6.10. The summed E-state index contributed by atoms with van der Waals surface area (Å²) in [6, 6.07) is 10.4. The van der Waals surface area contributed by atoms with Crippen LogP contribution < -0.4 is 10.6 Å². The fourth-order valence-corrected chi connectivity index (χ4v) is 3.73. The van der Waals surface area contributed by atoms with Crippen LogP contribution in [0, 0.1) is 0 Å². The molecule has 1 spiro atoms. The second-order valence-electron chi connectivity index (χ2n) is 6.52. The van der Waals surface area contributed by atoms with Gasteiger partial charge in [0.25, 0.3) is 5.91 Å². The maximum atomic E-state index is 13.1. The molecule has 1 saturated heterocycles. The summed E-state index contributed by atoms with van der Waals surface area (Å²) in [4.78, 5) is 42.7. The van der Waals surface area contributed by atoms with Crippen LogP contribution in [-0.2, 0) is 21.5 Å². The zero-order valence-corrected chi connectivity index (χ0v) is 14.1. The summed E-state index contributed by atoms with van der Waals surface area (Å²) < 4.78 is 0. The number of aryl methyl sites for hydroxylation is 1. The maximum Gasteiger partial charge on any atom is 0.325 e. The number of benzene rings is 1. The summed E-state index contributed by atoms with van der Waals surface area (Å²) in [6.45, 7) is -0.323. The number of rotatable bonds is 3. The fourth-order valence-electron chi connectivity index (χ4n) is 3.73. The lowest BCUT2D eigenvalue weighted by Crippen LogP contribution is -2.47. The summed E-state index contributed by atoms with van der Waals surface area (Å²) in [5.74, 6) is -0.791. The van der Waals surface area contributed by atoms with Crippen molar-refractivity contribution >= 4 is 23.5 Å². The normalized spacial score (nSPS) is 21.5. The molecule has 1 fully saturated rings. The van der Waals surface area contributed by atoms with E-state index in [0.717, 1.165) is 28.9 Å². The molecule has 1 aromatic carbocycles. The molecular weight excluding hydrogens is 332 g/mol. The smallest absolute Gasteiger partial charge is 0.324 e. The van der Waals surface area contributed by atoms with E-state index in [1.54, 1.807) is 24.5 Å². The number of fused-ring (bicyclic) bond motifs is 2. The molecule has 0 bridgehead atoms. The molecule has 132 valence electrons. The Bertz CT molecular complexity index is 883. The minimum atomic E-state index is -1.05. The van der Waals surface area contributed by atoms with E-state index < -0.39 is 17.5 Å². The Morgan fingerprint density at radius 1 is 1.19 bits per heavy atom. The first-order valence-electron chi connectivity index (χ1n) is 8.52. The highest BCUT2D eigenvalue weighted by Crippen LogP contribution is 2.39. The highest BCUT2D eigenvalue weighted by atomic mass is 16.2. The van der Waals surface area contributed by atoms with Crippen molar-refractivity contribution in [3.8, 4) is 0 Å². The molecule has 2 aromatic rings. The minimum Gasteiger partial charge on any atom is -0.324 e. The molecule has 1 atom stereocenters. The Morgan fingerprint density at radius 2 is 1.96 bits per heavy atom. The maximum absolute atomic E-state index is 13.1. The monoisotopic (exact) mass is 350 g/mol. The van der Waals surface area contributed by atoms with E-state index in [2.05, 4.69) is 15.6 Å². The predicted octanol–water partition coefficient (Wildman–Crippen LogP) is 1.80. The molecule has 0 radical (unpaired) electrons. The van der Waals surface area contributed by atoms with Gasteiger partial charge in [-0.25, -0.2) is 4.79 Å². The van der Waals surface area contributed by atoms with E-state index in [-0.39, 0.29) is 12.5 Å². The van der Waals surface area contributed by atoms with Crippen LogP contribution in [0.4, 0.5) is 10.5 Å². The SMILES string of the molecule is O=C(CN1C(=O)N[C@@]2(CCCc3ccccc32)C1=O)Nc1ccncc1.